The SMILES string of the molecule is COC(=O)c1ccc(C)c(NC(=O)COc2ccc(Br)cc2Cl)c1. The van der Waals surface area contributed by atoms with Crippen LogP contribution in [0.4, 0.5) is 5.69 Å². The number of methoxy groups -OCH3 is 1. The molecule has 0 saturated carbocycles. The maximum atomic E-state index is 12.1. The summed E-state index contributed by atoms with van der Waals surface area (Å²) in [5.41, 5.74) is 1.70. The summed E-state index contributed by atoms with van der Waals surface area (Å²) in [6, 6.07) is 10.0. The van der Waals surface area contributed by atoms with E-state index in [1.807, 2.05) is 6.92 Å². The van der Waals surface area contributed by atoms with Crippen molar-refractivity contribution in [2.45, 2.75) is 6.92 Å². The van der Waals surface area contributed by atoms with Gasteiger partial charge in [0.15, 0.2) is 6.61 Å². The predicted molar refractivity (Wildman–Crippen MR) is 95.8 cm³/mol. The van der Waals surface area contributed by atoms with Gasteiger partial charge in [-0.05, 0) is 42.8 Å². The molecule has 0 fully saturated rings. The van der Waals surface area contributed by atoms with Crippen molar-refractivity contribution in [3.63, 3.8) is 0 Å². The highest BCUT2D eigenvalue weighted by Gasteiger charge is 2.11. The number of carbonyl (C=O) groups is 2. The van der Waals surface area contributed by atoms with E-state index < -0.39 is 5.97 Å². The molecule has 0 unspecified atom stereocenters. The number of rotatable bonds is 5. The molecule has 0 aliphatic rings. The van der Waals surface area contributed by atoms with Crippen molar-refractivity contribution in [1.29, 1.82) is 0 Å². The minimum absolute atomic E-state index is 0.205. The monoisotopic (exact) mass is 411 g/mol. The summed E-state index contributed by atoms with van der Waals surface area (Å²) in [4.78, 5) is 23.6. The van der Waals surface area contributed by atoms with Gasteiger partial charge >= 0.3 is 5.97 Å². The Bertz CT molecular complexity index is 779. The zero-order valence-corrected chi connectivity index (χ0v) is 15.4. The quantitative estimate of drug-likeness (QED) is 0.747. The molecule has 5 nitrogen and oxygen atoms in total. The lowest BCUT2D eigenvalue weighted by Gasteiger charge is -2.11. The van der Waals surface area contributed by atoms with E-state index in [1.165, 1.54) is 7.11 Å². The summed E-state index contributed by atoms with van der Waals surface area (Å²) < 4.78 is 10.9. The predicted octanol–water partition coefficient (Wildman–Crippen LogP) is 4.22. The van der Waals surface area contributed by atoms with Crippen LogP contribution < -0.4 is 10.1 Å². The first kappa shape index (κ1) is 18.3. The molecule has 0 heterocycles. The van der Waals surface area contributed by atoms with Gasteiger partial charge in [-0.25, -0.2) is 4.79 Å². The Morgan fingerprint density at radius 3 is 2.62 bits per heavy atom. The molecular formula is C17H15BrClNO4. The number of carbonyl (C=O) groups excluding carboxylic acids is 2. The molecule has 7 heteroatoms. The number of hydrogen-bond donors (Lipinski definition) is 1. The van der Waals surface area contributed by atoms with E-state index in [2.05, 4.69) is 26.0 Å². The van der Waals surface area contributed by atoms with E-state index in [0.29, 0.717) is 22.0 Å². The van der Waals surface area contributed by atoms with Crippen LogP contribution in [-0.4, -0.2) is 25.6 Å². The van der Waals surface area contributed by atoms with E-state index in [0.717, 1.165) is 10.0 Å². The van der Waals surface area contributed by atoms with Crippen LogP contribution in [-0.2, 0) is 9.53 Å². The number of esters is 1. The maximum Gasteiger partial charge on any atom is 0.337 e. The van der Waals surface area contributed by atoms with E-state index in [9.17, 15) is 9.59 Å². The topological polar surface area (TPSA) is 64.6 Å². The summed E-state index contributed by atoms with van der Waals surface area (Å²) in [5, 5.41) is 3.11. The average molecular weight is 413 g/mol. The average Bonchev–Trinajstić information content (AvgIpc) is 2.55. The largest absolute Gasteiger partial charge is 0.482 e. The minimum Gasteiger partial charge on any atom is -0.482 e. The van der Waals surface area contributed by atoms with Gasteiger partial charge in [0.1, 0.15) is 5.75 Å². The number of aryl methyl sites for hydroxylation is 1. The first-order chi connectivity index (χ1) is 11.4. The maximum absolute atomic E-state index is 12.1. The second kappa shape index (κ2) is 8.17. The number of halogens is 2. The highest BCUT2D eigenvalue weighted by atomic mass is 79.9. The summed E-state index contributed by atoms with van der Waals surface area (Å²) in [6.45, 7) is 1.62. The van der Waals surface area contributed by atoms with Gasteiger partial charge in [0.2, 0.25) is 0 Å². The number of anilines is 1. The molecule has 0 saturated heterocycles. The van der Waals surface area contributed by atoms with Crippen LogP contribution in [0.5, 0.6) is 5.75 Å². The highest BCUT2D eigenvalue weighted by Crippen LogP contribution is 2.27. The molecule has 0 spiro atoms. The van der Waals surface area contributed by atoms with Crippen LogP contribution in [0.2, 0.25) is 5.02 Å². The van der Waals surface area contributed by atoms with E-state index in [1.54, 1.807) is 36.4 Å². The Labute approximate surface area is 153 Å². The lowest BCUT2D eigenvalue weighted by Crippen LogP contribution is -2.21. The zero-order chi connectivity index (χ0) is 17.7. The van der Waals surface area contributed by atoms with E-state index in [4.69, 9.17) is 16.3 Å². The molecule has 1 N–H and O–H groups in total. The number of amides is 1. The molecule has 0 bridgehead atoms. The molecule has 0 aromatic heterocycles. The fraction of sp³-hybridized carbons (Fsp3) is 0.176. The lowest BCUT2D eigenvalue weighted by molar-refractivity contribution is -0.118. The highest BCUT2D eigenvalue weighted by molar-refractivity contribution is 9.10. The second-order valence-electron chi connectivity index (χ2n) is 4.93. The molecule has 0 aliphatic carbocycles. The molecule has 2 aromatic carbocycles. The first-order valence-electron chi connectivity index (χ1n) is 6.97. The molecule has 0 atom stereocenters. The molecule has 1 amide bonds. The lowest BCUT2D eigenvalue weighted by atomic mass is 10.1. The van der Waals surface area contributed by atoms with Crippen LogP contribution in [0.15, 0.2) is 40.9 Å². The molecule has 126 valence electrons. The van der Waals surface area contributed by atoms with Gasteiger partial charge in [-0.15, -0.1) is 0 Å². The summed E-state index contributed by atoms with van der Waals surface area (Å²) in [7, 11) is 1.30. The Morgan fingerprint density at radius 2 is 1.96 bits per heavy atom. The van der Waals surface area contributed by atoms with Gasteiger partial charge in [0.25, 0.3) is 5.91 Å². The minimum atomic E-state index is -0.469. The van der Waals surface area contributed by atoms with Gasteiger partial charge in [-0.1, -0.05) is 33.6 Å². The van der Waals surface area contributed by atoms with E-state index in [-0.39, 0.29) is 12.5 Å². The smallest absolute Gasteiger partial charge is 0.337 e. The zero-order valence-electron chi connectivity index (χ0n) is 13.1. The molecule has 2 aromatic rings. The summed E-state index contributed by atoms with van der Waals surface area (Å²) in [6.07, 6.45) is 0. The van der Waals surface area contributed by atoms with Crippen LogP contribution in [0.1, 0.15) is 15.9 Å². The first-order valence-corrected chi connectivity index (χ1v) is 8.14. The van der Waals surface area contributed by atoms with Gasteiger partial charge in [-0.2, -0.15) is 0 Å². The van der Waals surface area contributed by atoms with Crippen molar-refractivity contribution in [2.75, 3.05) is 19.0 Å². The van der Waals surface area contributed by atoms with Crippen LogP contribution >= 0.6 is 27.5 Å². The fourth-order valence-electron chi connectivity index (χ4n) is 1.92. The number of benzene rings is 2. The Kier molecular flexibility index (Phi) is 6.23. The van der Waals surface area contributed by atoms with Crippen molar-refractivity contribution in [3.8, 4) is 5.75 Å². The molecular weight excluding hydrogens is 398 g/mol. The summed E-state index contributed by atoms with van der Waals surface area (Å²) >= 11 is 9.33. The normalized spacial score (nSPS) is 10.2. The Hall–Kier alpha value is -2.05. The number of nitrogens with one attached hydrogen (secondary N) is 1. The third-order valence-electron chi connectivity index (χ3n) is 3.19. The van der Waals surface area contributed by atoms with Crippen molar-refractivity contribution < 1.29 is 19.1 Å². The molecule has 2 rings (SSSR count). The third-order valence-corrected chi connectivity index (χ3v) is 3.97. The molecule has 0 radical (unpaired) electrons. The third kappa shape index (κ3) is 4.72. The second-order valence-corrected chi connectivity index (χ2v) is 6.26. The van der Waals surface area contributed by atoms with Gasteiger partial charge in [0, 0.05) is 10.2 Å². The Morgan fingerprint density at radius 1 is 1.21 bits per heavy atom. The van der Waals surface area contributed by atoms with Crippen molar-refractivity contribution >= 4 is 45.1 Å². The van der Waals surface area contributed by atoms with Gasteiger partial charge in [0.05, 0.1) is 17.7 Å². The Balaban J connectivity index is 2.03. The molecule has 0 aliphatic heterocycles. The van der Waals surface area contributed by atoms with Gasteiger partial charge in [-0.3, -0.25) is 4.79 Å². The fourth-order valence-corrected chi connectivity index (χ4v) is 2.65. The van der Waals surface area contributed by atoms with Crippen LogP contribution in [0.3, 0.4) is 0 Å². The van der Waals surface area contributed by atoms with Crippen LogP contribution in [0.25, 0.3) is 0 Å². The standard InChI is InChI=1S/C17H15BrClNO4/c1-10-3-4-11(17(22)23-2)7-14(10)20-16(21)9-24-15-6-5-12(18)8-13(15)19/h3-8H,9H2,1-2H3,(H,20,21). The van der Waals surface area contributed by atoms with Crippen molar-refractivity contribution in [2.24, 2.45) is 0 Å². The van der Waals surface area contributed by atoms with Crippen molar-refractivity contribution in [1.82, 2.24) is 0 Å². The van der Waals surface area contributed by atoms with Gasteiger partial charge < -0.3 is 14.8 Å². The summed E-state index contributed by atoms with van der Waals surface area (Å²) in [5.74, 6) is -0.419. The van der Waals surface area contributed by atoms with E-state index >= 15 is 0 Å². The number of ether oxygens (including phenoxy) is 2. The van der Waals surface area contributed by atoms with Crippen LogP contribution in [0, 0.1) is 6.92 Å². The van der Waals surface area contributed by atoms with Crippen molar-refractivity contribution in [3.05, 3.63) is 57.0 Å². The number of hydrogen-bond acceptors (Lipinski definition) is 4. The molecule has 24 heavy (non-hydrogen) atoms.